The SMILES string of the molecule is COC(=O)CCc1c(C)nn(-c2ccc(C(=O)NCCO)cc2)c1C. The molecule has 134 valence electrons. The number of nitrogens with one attached hydrogen (secondary N) is 1. The average Bonchev–Trinajstić information content (AvgIpc) is 2.91. The highest BCUT2D eigenvalue weighted by molar-refractivity contribution is 5.94. The maximum atomic E-state index is 11.9. The topological polar surface area (TPSA) is 93.5 Å². The smallest absolute Gasteiger partial charge is 0.305 e. The summed E-state index contributed by atoms with van der Waals surface area (Å²) in [5, 5.41) is 15.9. The summed E-state index contributed by atoms with van der Waals surface area (Å²) in [5.74, 6) is -0.475. The van der Waals surface area contributed by atoms with E-state index < -0.39 is 0 Å². The number of rotatable bonds is 7. The second-order valence-corrected chi connectivity index (χ2v) is 5.66. The van der Waals surface area contributed by atoms with Crippen molar-refractivity contribution in [1.29, 1.82) is 0 Å². The lowest BCUT2D eigenvalue weighted by Gasteiger charge is -2.07. The van der Waals surface area contributed by atoms with Gasteiger partial charge in [0.15, 0.2) is 0 Å². The van der Waals surface area contributed by atoms with Gasteiger partial charge in [-0.05, 0) is 50.1 Å². The molecule has 2 N–H and O–H groups in total. The second kappa shape index (κ2) is 8.43. The predicted molar refractivity (Wildman–Crippen MR) is 92.8 cm³/mol. The predicted octanol–water partition coefficient (Wildman–Crippen LogP) is 1.32. The van der Waals surface area contributed by atoms with E-state index in [0.29, 0.717) is 18.4 Å². The van der Waals surface area contributed by atoms with Gasteiger partial charge in [-0.25, -0.2) is 4.68 Å². The van der Waals surface area contributed by atoms with Crippen LogP contribution >= 0.6 is 0 Å². The molecule has 0 saturated heterocycles. The number of carbonyl (C=O) groups excluding carboxylic acids is 2. The number of carbonyl (C=O) groups is 2. The third-order valence-corrected chi connectivity index (χ3v) is 4.02. The molecule has 0 saturated carbocycles. The zero-order chi connectivity index (χ0) is 18.4. The van der Waals surface area contributed by atoms with Crippen molar-refractivity contribution in [2.24, 2.45) is 0 Å². The lowest BCUT2D eigenvalue weighted by Crippen LogP contribution is -2.26. The largest absolute Gasteiger partial charge is 0.469 e. The summed E-state index contributed by atoms with van der Waals surface area (Å²) >= 11 is 0. The lowest BCUT2D eigenvalue weighted by molar-refractivity contribution is -0.140. The first kappa shape index (κ1) is 18.7. The fourth-order valence-corrected chi connectivity index (χ4v) is 2.64. The van der Waals surface area contributed by atoms with Crippen LogP contribution in [0.4, 0.5) is 0 Å². The van der Waals surface area contributed by atoms with Gasteiger partial charge in [0, 0.05) is 24.2 Å². The average molecular weight is 345 g/mol. The van der Waals surface area contributed by atoms with Gasteiger partial charge in [-0.15, -0.1) is 0 Å². The van der Waals surface area contributed by atoms with Gasteiger partial charge in [-0.3, -0.25) is 9.59 Å². The van der Waals surface area contributed by atoms with Crippen LogP contribution in [0.1, 0.15) is 33.7 Å². The molecule has 0 aliphatic rings. The van der Waals surface area contributed by atoms with Crippen molar-refractivity contribution in [1.82, 2.24) is 15.1 Å². The Bertz CT molecular complexity index is 750. The minimum absolute atomic E-state index is 0.0933. The highest BCUT2D eigenvalue weighted by Gasteiger charge is 2.14. The van der Waals surface area contributed by atoms with Crippen LogP contribution in [0.15, 0.2) is 24.3 Å². The molecule has 0 fully saturated rings. The standard InChI is InChI=1S/C18H23N3O4/c1-12-16(8-9-17(23)25-3)13(2)21(20-12)15-6-4-14(5-7-15)18(24)19-10-11-22/h4-7,22H,8-11H2,1-3H3,(H,19,24). The van der Waals surface area contributed by atoms with E-state index >= 15 is 0 Å². The van der Waals surface area contributed by atoms with Gasteiger partial charge in [0.25, 0.3) is 5.91 Å². The summed E-state index contributed by atoms with van der Waals surface area (Å²) in [6.45, 7) is 3.99. The van der Waals surface area contributed by atoms with Gasteiger partial charge >= 0.3 is 5.97 Å². The summed E-state index contributed by atoms with van der Waals surface area (Å²) in [4.78, 5) is 23.2. The molecule has 0 radical (unpaired) electrons. The maximum absolute atomic E-state index is 11.9. The van der Waals surface area contributed by atoms with Crippen molar-refractivity contribution in [3.05, 3.63) is 46.8 Å². The molecule has 7 nitrogen and oxygen atoms in total. The fourth-order valence-electron chi connectivity index (χ4n) is 2.64. The number of benzene rings is 1. The molecule has 0 aliphatic carbocycles. The first-order valence-corrected chi connectivity index (χ1v) is 8.09. The lowest BCUT2D eigenvalue weighted by atomic mass is 10.1. The Hall–Kier alpha value is -2.67. The van der Waals surface area contributed by atoms with Crippen molar-refractivity contribution in [3.63, 3.8) is 0 Å². The van der Waals surface area contributed by atoms with Crippen LogP contribution in [0.25, 0.3) is 5.69 Å². The quantitative estimate of drug-likeness (QED) is 0.738. The van der Waals surface area contributed by atoms with Gasteiger partial charge in [0.1, 0.15) is 0 Å². The molecule has 0 aliphatic heterocycles. The van der Waals surface area contributed by atoms with Crippen LogP contribution in [0.3, 0.4) is 0 Å². The van der Waals surface area contributed by atoms with Crippen molar-refractivity contribution < 1.29 is 19.4 Å². The molecular formula is C18H23N3O4. The second-order valence-electron chi connectivity index (χ2n) is 5.66. The van der Waals surface area contributed by atoms with E-state index in [-0.39, 0.29) is 25.0 Å². The van der Waals surface area contributed by atoms with Crippen LogP contribution in [-0.4, -0.2) is 47.0 Å². The Morgan fingerprint density at radius 2 is 1.92 bits per heavy atom. The Morgan fingerprint density at radius 1 is 1.24 bits per heavy atom. The van der Waals surface area contributed by atoms with Crippen molar-refractivity contribution in [2.45, 2.75) is 26.7 Å². The number of hydrogen-bond donors (Lipinski definition) is 2. The van der Waals surface area contributed by atoms with Gasteiger partial charge in [-0.1, -0.05) is 0 Å². The zero-order valence-corrected chi connectivity index (χ0v) is 14.7. The highest BCUT2D eigenvalue weighted by Crippen LogP contribution is 2.20. The number of aliphatic hydroxyl groups excluding tert-OH is 1. The Labute approximate surface area is 146 Å². The van der Waals surface area contributed by atoms with E-state index in [2.05, 4.69) is 15.2 Å². The van der Waals surface area contributed by atoms with E-state index in [9.17, 15) is 9.59 Å². The Morgan fingerprint density at radius 3 is 2.52 bits per heavy atom. The summed E-state index contributed by atoms with van der Waals surface area (Å²) in [7, 11) is 1.38. The number of ether oxygens (including phenoxy) is 1. The summed E-state index contributed by atoms with van der Waals surface area (Å²) in [6.07, 6.45) is 0.889. The number of aryl methyl sites for hydroxylation is 1. The summed E-state index contributed by atoms with van der Waals surface area (Å²) in [6, 6.07) is 7.06. The molecule has 1 aromatic carbocycles. The number of hydrogen-bond acceptors (Lipinski definition) is 5. The Balaban J connectivity index is 2.19. The first-order chi connectivity index (χ1) is 12.0. The molecule has 7 heteroatoms. The molecule has 1 aromatic heterocycles. The Kier molecular flexibility index (Phi) is 6.30. The van der Waals surface area contributed by atoms with Crippen LogP contribution in [0, 0.1) is 13.8 Å². The summed E-state index contributed by atoms with van der Waals surface area (Å²) in [5.41, 5.74) is 4.20. The van der Waals surface area contributed by atoms with Crippen LogP contribution in [-0.2, 0) is 16.0 Å². The number of methoxy groups -OCH3 is 1. The fraction of sp³-hybridized carbons (Fsp3) is 0.389. The molecule has 0 unspecified atom stereocenters. The normalized spacial score (nSPS) is 10.6. The molecule has 2 aromatic rings. The molecule has 0 atom stereocenters. The van der Waals surface area contributed by atoms with E-state index in [1.165, 1.54) is 7.11 Å². The van der Waals surface area contributed by atoms with Crippen molar-refractivity contribution in [3.8, 4) is 5.69 Å². The van der Waals surface area contributed by atoms with Gasteiger partial charge in [0.2, 0.25) is 0 Å². The summed E-state index contributed by atoms with van der Waals surface area (Å²) < 4.78 is 6.49. The maximum Gasteiger partial charge on any atom is 0.305 e. The van der Waals surface area contributed by atoms with E-state index in [4.69, 9.17) is 5.11 Å². The molecule has 1 heterocycles. The van der Waals surface area contributed by atoms with Gasteiger partial charge in [-0.2, -0.15) is 5.10 Å². The third-order valence-electron chi connectivity index (χ3n) is 4.02. The number of amides is 1. The molecule has 0 spiro atoms. The van der Waals surface area contributed by atoms with Crippen molar-refractivity contribution >= 4 is 11.9 Å². The van der Waals surface area contributed by atoms with E-state index in [1.54, 1.807) is 16.8 Å². The number of aromatic nitrogens is 2. The molecular weight excluding hydrogens is 322 g/mol. The zero-order valence-electron chi connectivity index (χ0n) is 14.7. The van der Waals surface area contributed by atoms with Gasteiger partial charge < -0.3 is 15.2 Å². The molecule has 1 amide bonds. The molecule has 2 rings (SSSR count). The third kappa shape index (κ3) is 4.45. The minimum atomic E-state index is -0.246. The van der Waals surface area contributed by atoms with Gasteiger partial charge in [0.05, 0.1) is 25.1 Å². The van der Waals surface area contributed by atoms with Crippen LogP contribution in [0.5, 0.6) is 0 Å². The minimum Gasteiger partial charge on any atom is -0.469 e. The van der Waals surface area contributed by atoms with Crippen LogP contribution < -0.4 is 5.32 Å². The number of esters is 1. The van der Waals surface area contributed by atoms with Crippen molar-refractivity contribution in [2.75, 3.05) is 20.3 Å². The highest BCUT2D eigenvalue weighted by atomic mass is 16.5. The number of nitrogens with zero attached hydrogens (tertiary/aromatic N) is 2. The van der Waals surface area contributed by atoms with E-state index in [0.717, 1.165) is 22.6 Å². The van der Waals surface area contributed by atoms with Crippen LogP contribution in [0.2, 0.25) is 0 Å². The van der Waals surface area contributed by atoms with E-state index in [1.807, 2.05) is 26.0 Å². The molecule has 25 heavy (non-hydrogen) atoms. The molecule has 0 bridgehead atoms. The monoisotopic (exact) mass is 345 g/mol. The first-order valence-electron chi connectivity index (χ1n) is 8.09. The number of aliphatic hydroxyl groups is 1.